The molecular formula is C14H19BrN2O2. The first-order valence-corrected chi connectivity index (χ1v) is 7.06. The van der Waals surface area contributed by atoms with Crippen molar-refractivity contribution in [2.45, 2.75) is 40.0 Å². The van der Waals surface area contributed by atoms with Gasteiger partial charge in [-0.15, -0.1) is 0 Å². The van der Waals surface area contributed by atoms with Crippen LogP contribution >= 0.6 is 15.9 Å². The average molecular weight is 327 g/mol. The fourth-order valence-corrected chi connectivity index (χ4v) is 2.30. The molecule has 1 aromatic rings. The van der Waals surface area contributed by atoms with E-state index in [0.717, 1.165) is 15.9 Å². The zero-order chi connectivity index (χ0) is 14.4. The molecule has 0 saturated carbocycles. The molecule has 0 saturated heterocycles. The maximum Gasteiger partial charge on any atom is 0.337 e. The second kappa shape index (κ2) is 4.47. The molecule has 0 radical (unpaired) electrons. The fourth-order valence-electron chi connectivity index (χ4n) is 1.98. The molecule has 1 aromatic heterocycles. The van der Waals surface area contributed by atoms with Gasteiger partial charge < -0.3 is 4.84 Å². The Hall–Kier alpha value is -1.10. The lowest BCUT2D eigenvalue weighted by Crippen LogP contribution is -2.35. The van der Waals surface area contributed by atoms with E-state index in [9.17, 15) is 4.79 Å². The van der Waals surface area contributed by atoms with E-state index in [4.69, 9.17) is 4.84 Å². The molecule has 1 aliphatic rings. The first-order chi connectivity index (χ1) is 8.61. The third-order valence-electron chi connectivity index (χ3n) is 3.09. The van der Waals surface area contributed by atoms with Gasteiger partial charge in [0.05, 0.1) is 23.3 Å². The number of hydrogen-bond acceptors (Lipinski definition) is 4. The van der Waals surface area contributed by atoms with Crippen molar-refractivity contribution in [3.05, 3.63) is 22.4 Å². The molecule has 0 fully saturated rings. The number of aromatic nitrogens is 1. The summed E-state index contributed by atoms with van der Waals surface area (Å²) in [6.07, 6.45) is 1.77. The lowest BCUT2D eigenvalue weighted by atomic mass is 9.91. The number of carbonyl (C=O) groups excluding carboxylic acids is 1. The van der Waals surface area contributed by atoms with Crippen LogP contribution in [0.25, 0.3) is 0 Å². The van der Waals surface area contributed by atoms with E-state index in [2.05, 4.69) is 34.8 Å². The van der Waals surface area contributed by atoms with E-state index in [0.29, 0.717) is 6.54 Å². The van der Waals surface area contributed by atoms with Gasteiger partial charge in [-0.05, 0) is 42.8 Å². The van der Waals surface area contributed by atoms with Gasteiger partial charge in [0.25, 0.3) is 0 Å². The Morgan fingerprint density at radius 2 is 2.11 bits per heavy atom. The molecule has 2 heterocycles. The smallest absolute Gasteiger partial charge is 0.337 e. The van der Waals surface area contributed by atoms with E-state index < -0.39 is 5.41 Å². The SMILES string of the molecule is CC(C)(C)C(=O)ON1CC(C)(C)c2ncc(Br)cc21. The molecule has 0 aromatic carbocycles. The number of rotatable bonds is 1. The number of fused-ring (bicyclic) bond motifs is 1. The highest BCUT2D eigenvalue weighted by atomic mass is 79.9. The summed E-state index contributed by atoms with van der Waals surface area (Å²) in [5, 5.41) is 1.65. The van der Waals surface area contributed by atoms with E-state index in [1.54, 1.807) is 11.3 Å². The summed E-state index contributed by atoms with van der Waals surface area (Å²) in [5.74, 6) is -0.240. The van der Waals surface area contributed by atoms with Gasteiger partial charge in [-0.25, -0.2) is 9.86 Å². The molecule has 104 valence electrons. The standard InChI is InChI=1S/C14H19BrN2O2/c1-13(2,3)12(18)19-17-8-14(4,5)11-10(17)6-9(15)7-16-11/h6-7H,8H2,1-5H3. The largest absolute Gasteiger partial charge is 0.340 e. The average Bonchev–Trinajstić information content (AvgIpc) is 2.48. The number of carbonyl (C=O) groups is 1. The van der Waals surface area contributed by atoms with Crippen LogP contribution in [0.15, 0.2) is 16.7 Å². The maximum atomic E-state index is 12.0. The van der Waals surface area contributed by atoms with Crippen molar-refractivity contribution in [1.82, 2.24) is 4.98 Å². The molecule has 0 atom stereocenters. The number of halogens is 1. The molecule has 0 bridgehead atoms. The van der Waals surface area contributed by atoms with E-state index in [1.165, 1.54) is 0 Å². The quantitative estimate of drug-likeness (QED) is 0.792. The third-order valence-corrected chi connectivity index (χ3v) is 3.52. The Bertz CT molecular complexity index is 521. The molecule has 0 N–H and O–H groups in total. The van der Waals surface area contributed by atoms with Gasteiger partial charge in [0, 0.05) is 16.1 Å². The molecule has 19 heavy (non-hydrogen) atoms. The molecule has 2 rings (SSSR count). The summed E-state index contributed by atoms with van der Waals surface area (Å²) in [4.78, 5) is 22.0. The van der Waals surface area contributed by atoms with Crippen LogP contribution in [0.2, 0.25) is 0 Å². The maximum absolute atomic E-state index is 12.0. The molecule has 0 aliphatic carbocycles. The lowest BCUT2D eigenvalue weighted by molar-refractivity contribution is -0.154. The molecule has 5 heteroatoms. The van der Waals surface area contributed by atoms with Crippen LogP contribution in [-0.2, 0) is 15.0 Å². The first-order valence-electron chi connectivity index (χ1n) is 6.27. The normalized spacial score (nSPS) is 17.3. The molecule has 4 nitrogen and oxygen atoms in total. The number of anilines is 1. The minimum absolute atomic E-state index is 0.131. The molecule has 1 aliphatic heterocycles. The number of nitrogens with zero attached hydrogens (tertiary/aromatic N) is 2. The van der Waals surface area contributed by atoms with Gasteiger partial charge in [-0.2, -0.15) is 0 Å². The first kappa shape index (κ1) is 14.3. The third kappa shape index (κ3) is 2.76. The van der Waals surface area contributed by atoms with Crippen molar-refractivity contribution in [3.63, 3.8) is 0 Å². The van der Waals surface area contributed by atoms with Crippen LogP contribution in [-0.4, -0.2) is 17.5 Å². The Morgan fingerprint density at radius 1 is 1.47 bits per heavy atom. The van der Waals surface area contributed by atoms with Crippen LogP contribution in [0.5, 0.6) is 0 Å². The van der Waals surface area contributed by atoms with Gasteiger partial charge in [-0.3, -0.25) is 4.98 Å². The number of hydrogen-bond donors (Lipinski definition) is 0. The van der Waals surface area contributed by atoms with Crippen molar-refractivity contribution in [1.29, 1.82) is 0 Å². The van der Waals surface area contributed by atoms with Crippen LogP contribution < -0.4 is 5.06 Å². The zero-order valence-electron chi connectivity index (χ0n) is 12.0. The molecule has 0 amide bonds. The summed E-state index contributed by atoms with van der Waals surface area (Å²) in [6.45, 7) is 10.3. The van der Waals surface area contributed by atoms with Crippen LogP contribution in [0.4, 0.5) is 5.69 Å². The monoisotopic (exact) mass is 326 g/mol. The van der Waals surface area contributed by atoms with E-state index in [-0.39, 0.29) is 11.4 Å². The van der Waals surface area contributed by atoms with Gasteiger partial charge in [0.15, 0.2) is 0 Å². The molecular weight excluding hydrogens is 308 g/mol. The van der Waals surface area contributed by atoms with Crippen molar-refractivity contribution in [3.8, 4) is 0 Å². The Kier molecular flexibility index (Phi) is 3.37. The van der Waals surface area contributed by atoms with Crippen LogP contribution in [0.3, 0.4) is 0 Å². The van der Waals surface area contributed by atoms with Crippen molar-refractivity contribution in [2.24, 2.45) is 5.41 Å². The van der Waals surface area contributed by atoms with Crippen molar-refractivity contribution >= 4 is 27.6 Å². The summed E-state index contributed by atoms with van der Waals surface area (Å²) < 4.78 is 0.876. The summed E-state index contributed by atoms with van der Waals surface area (Å²) in [6, 6.07) is 1.94. The predicted molar refractivity (Wildman–Crippen MR) is 77.9 cm³/mol. The van der Waals surface area contributed by atoms with Gasteiger partial charge in [0.1, 0.15) is 0 Å². The fraction of sp³-hybridized carbons (Fsp3) is 0.571. The Labute approximate surface area is 122 Å². The topological polar surface area (TPSA) is 42.4 Å². The van der Waals surface area contributed by atoms with Gasteiger partial charge in [0.2, 0.25) is 0 Å². The Morgan fingerprint density at radius 3 is 2.68 bits per heavy atom. The Balaban J connectivity index is 2.32. The number of pyridine rings is 1. The lowest BCUT2D eigenvalue weighted by Gasteiger charge is -2.24. The predicted octanol–water partition coefficient (Wildman–Crippen LogP) is 3.45. The van der Waals surface area contributed by atoms with E-state index >= 15 is 0 Å². The second-order valence-electron chi connectivity index (χ2n) is 6.57. The highest BCUT2D eigenvalue weighted by Crippen LogP contribution is 2.40. The molecule has 0 unspecified atom stereocenters. The van der Waals surface area contributed by atoms with Crippen LogP contribution in [0.1, 0.15) is 40.3 Å². The summed E-state index contributed by atoms with van der Waals surface area (Å²) in [5.41, 5.74) is 1.16. The molecule has 0 spiro atoms. The highest BCUT2D eigenvalue weighted by Gasteiger charge is 2.40. The minimum Gasteiger partial charge on any atom is -0.340 e. The van der Waals surface area contributed by atoms with E-state index in [1.807, 2.05) is 26.8 Å². The highest BCUT2D eigenvalue weighted by molar-refractivity contribution is 9.10. The van der Waals surface area contributed by atoms with Crippen LogP contribution in [0, 0.1) is 5.41 Å². The summed E-state index contributed by atoms with van der Waals surface area (Å²) >= 11 is 3.41. The van der Waals surface area contributed by atoms with Gasteiger partial charge >= 0.3 is 5.97 Å². The summed E-state index contributed by atoms with van der Waals surface area (Å²) in [7, 11) is 0. The van der Waals surface area contributed by atoms with Crippen molar-refractivity contribution < 1.29 is 9.63 Å². The second-order valence-corrected chi connectivity index (χ2v) is 7.49. The number of hydroxylamine groups is 1. The van der Waals surface area contributed by atoms with Crippen molar-refractivity contribution in [2.75, 3.05) is 11.6 Å². The van der Waals surface area contributed by atoms with Gasteiger partial charge in [-0.1, -0.05) is 13.8 Å². The zero-order valence-corrected chi connectivity index (χ0v) is 13.5. The minimum atomic E-state index is -0.521.